The average molecular weight is 525 g/mol. The van der Waals surface area contributed by atoms with E-state index in [1.165, 1.54) is 18.2 Å². The van der Waals surface area contributed by atoms with Crippen LogP contribution < -0.4 is 14.8 Å². The van der Waals surface area contributed by atoms with Crippen molar-refractivity contribution in [2.24, 2.45) is 0 Å². The summed E-state index contributed by atoms with van der Waals surface area (Å²) in [6.07, 6.45) is 2.00. The molecular weight excluding hydrogens is 503 g/mol. The second-order valence-corrected chi connectivity index (χ2v) is 10.5. The Morgan fingerprint density at radius 1 is 1.03 bits per heavy atom. The Labute approximate surface area is 207 Å². The summed E-state index contributed by atoms with van der Waals surface area (Å²) in [7, 11) is -3.86. The molecule has 3 aromatic carbocycles. The fraction of sp³-hybridized carbons (Fsp3) is 0.174. The van der Waals surface area contributed by atoms with Gasteiger partial charge in [-0.05, 0) is 73.3 Å². The minimum Gasteiger partial charge on any atom is -0.482 e. The number of rotatable bonds is 9. The molecule has 0 aliphatic rings. The van der Waals surface area contributed by atoms with Gasteiger partial charge in [0.15, 0.2) is 6.61 Å². The maximum Gasteiger partial charge on any atom is 0.261 e. The van der Waals surface area contributed by atoms with E-state index >= 15 is 0 Å². The van der Waals surface area contributed by atoms with Crippen molar-refractivity contribution < 1.29 is 17.9 Å². The molecular formula is C23H22Cl2N2O4S2. The maximum absolute atomic E-state index is 12.6. The molecule has 6 nitrogen and oxygen atoms in total. The van der Waals surface area contributed by atoms with E-state index in [9.17, 15) is 13.2 Å². The lowest BCUT2D eigenvalue weighted by atomic mass is 10.1. The van der Waals surface area contributed by atoms with E-state index in [2.05, 4.69) is 10.0 Å². The molecule has 0 aromatic heterocycles. The van der Waals surface area contributed by atoms with E-state index in [1.807, 2.05) is 37.4 Å². The Kier molecular flexibility index (Phi) is 8.53. The third-order valence-electron chi connectivity index (χ3n) is 4.66. The summed E-state index contributed by atoms with van der Waals surface area (Å²) >= 11 is 13.7. The lowest BCUT2D eigenvalue weighted by Crippen LogP contribution is -2.31. The van der Waals surface area contributed by atoms with Gasteiger partial charge in [-0.1, -0.05) is 35.3 Å². The molecule has 174 valence electrons. The number of carbonyl (C=O) groups is 1. The number of benzene rings is 3. The zero-order valence-corrected chi connectivity index (χ0v) is 21.0. The molecule has 1 amide bonds. The Morgan fingerprint density at radius 2 is 1.70 bits per heavy atom. The van der Waals surface area contributed by atoms with Crippen LogP contribution in [0.4, 0.5) is 5.69 Å². The van der Waals surface area contributed by atoms with Gasteiger partial charge in [0.1, 0.15) is 5.75 Å². The van der Waals surface area contributed by atoms with Crippen LogP contribution in [-0.2, 0) is 14.8 Å². The molecule has 0 aliphatic heterocycles. The van der Waals surface area contributed by atoms with E-state index in [4.69, 9.17) is 27.9 Å². The summed E-state index contributed by atoms with van der Waals surface area (Å²) < 4.78 is 33.2. The number of amides is 1. The second-order valence-electron chi connectivity index (χ2n) is 7.06. The third kappa shape index (κ3) is 7.04. The number of thioether (sulfide) groups is 1. The van der Waals surface area contributed by atoms with Gasteiger partial charge in [0.25, 0.3) is 15.9 Å². The fourth-order valence-electron chi connectivity index (χ4n) is 2.90. The molecule has 3 rings (SSSR count). The molecule has 1 atom stereocenters. The molecule has 0 saturated heterocycles. The molecule has 0 spiro atoms. The van der Waals surface area contributed by atoms with Crippen LogP contribution in [0, 0.1) is 0 Å². The lowest BCUT2D eigenvalue weighted by Gasteiger charge is -2.16. The van der Waals surface area contributed by atoms with Crippen molar-refractivity contribution in [1.29, 1.82) is 0 Å². The average Bonchev–Trinajstić information content (AvgIpc) is 2.79. The zero-order chi connectivity index (χ0) is 24.0. The van der Waals surface area contributed by atoms with Gasteiger partial charge in [-0.15, -0.1) is 11.8 Å². The van der Waals surface area contributed by atoms with E-state index < -0.39 is 10.0 Å². The Morgan fingerprint density at radius 3 is 2.30 bits per heavy atom. The smallest absolute Gasteiger partial charge is 0.261 e. The molecule has 0 fully saturated rings. The fourth-order valence-corrected chi connectivity index (χ4v) is 4.82. The van der Waals surface area contributed by atoms with Crippen LogP contribution in [-0.4, -0.2) is 27.2 Å². The number of halogens is 2. The minimum absolute atomic E-state index is 0.0402. The quantitative estimate of drug-likeness (QED) is 0.347. The molecule has 3 aromatic rings. The highest BCUT2D eigenvalue weighted by atomic mass is 35.5. The zero-order valence-electron chi connectivity index (χ0n) is 17.8. The predicted molar refractivity (Wildman–Crippen MR) is 134 cm³/mol. The monoisotopic (exact) mass is 524 g/mol. The summed E-state index contributed by atoms with van der Waals surface area (Å²) in [6, 6.07) is 18.0. The number of carbonyl (C=O) groups excluding carboxylic acids is 1. The van der Waals surface area contributed by atoms with Gasteiger partial charge in [-0.2, -0.15) is 0 Å². The molecule has 0 heterocycles. The first kappa shape index (κ1) is 25.2. The first-order valence-electron chi connectivity index (χ1n) is 9.82. The highest BCUT2D eigenvalue weighted by molar-refractivity contribution is 7.98. The van der Waals surface area contributed by atoms with Crippen LogP contribution in [0.5, 0.6) is 5.75 Å². The van der Waals surface area contributed by atoms with Gasteiger partial charge < -0.3 is 10.1 Å². The molecule has 0 unspecified atom stereocenters. The van der Waals surface area contributed by atoms with Gasteiger partial charge in [0, 0.05) is 15.6 Å². The largest absolute Gasteiger partial charge is 0.482 e. The standard InChI is InChI=1S/C23H22Cl2N2O4S2/c1-15(16-3-9-19(32-2)10-4-16)26-23(28)14-31-22-12-11-20(13-21(22)25)33(29,30)27-18-7-5-17(24)6-8-18/h3-13,15,27H,14H2,1-2H3,(H,26,28)/t15-/m0/s1. The maximum atomic E-state index is 12.6. The van der Waals surface area contributed by atoms with Crippen LogP contribution in [0.3, 0.4) is 0 Å². The topological polar surface area (TPSA) is 84.5 Å². The van der Waals surface area contributed by atoms with Gasteiger partial charge >= 0.3 is 0 Å². The third-order valence-corrected chi connectivity index (χ3v) is 7.33. The second kappa shape index (κ2) is 11.2. The summed E-state index contributed by atoms with van der Waals surface area (Å²) in [4.78, 5) is 13.4. The van der Waals surface area contributed by atoms with Crippen LogP contribution in [0.15, 0.2) is 76.5 Å². The molecule has 10 heteroatoms. The summed E-state index contributed by atoms with van der Waals surface area (Å²) in [5.74, 6) is -0.122. The van der Waals surface area contributed by atoms with Crippen LogP contribution in [0.25, 0.3) is 0 Å². The highest BCUT2D eigenvalue weighted by Crippen LogP contribution is 2.28. The minimum atomic E-state index is -3.86. The van der Waals surface area contributed by atoms with Gasteiger partial charge in [0.05, 0.1) is 16.0 Å². The number of anilines is 1. The predicted octanol–water partition coefficient (Wildman–Crippen LogP) is 5.77. The van der Waals surface area contributed by atoms with E-state index in [0.717, 1.165) is 10.5 Å². The molecule has 0 saturated carbocycles. The van der Waals surface area contributed by atoms with E-state index in [1.54, 1.807) is 36.0 Å². The van der Waals surface area contributed by atoms with Crippen molar-refractivity contribution in [2.75, 3.05) is 17.6 Å². The first-order chi connectivity index (χ1) is 15.7. The van der Waals surface area contributed by atoms with E-state index in [-0.39, 0.29) is 34.2 Å². The number of hydrogen-bond acceptors (Lipinski definition) is 5. The number of hydrogen-bond donors (Lipinski definition) is 2. The SMILES string of the molecule is CSc1ccc([C@H](C)NC(=O)COc2ccc(S(=O)(=O)Nc3ccc(Cl)cc3)cc2Cl)cc1. The summed E-state index contributed by atoms with van der Waals surface area (Å²) in [5.41, 5.74) is 1.34. The van der Waals surface area contributed by atoms with Crippen molar-refractivity contribution in [2.45, 2.75) is 22.8 Å². The normalized spacial score (nSPS) is 12.1. The van der Waals surface area contributed by atoms with E-state index in [0.29, 0.717) is 10.7 Å². The molecule has 0 aliphatic carbocycles. The molecule has 2 N–H and O–H groups in total. The van der Waals surface area contributed by atoms with Crippen molar-refractivity contribution in [3.63, 3.8) is 0 Å². The van der Waals surface area contributed by atoms with Crippen LogP contribution >= 0.6 is 35.0 Å². The number of ether oxygens (including phenoxy) is 1. The Balaban J connectivity index is 1.59. The summed E-state index contributed by atoms with van der Waals surface area (Å²) in [6.45, 7) is 1.62. The van der Waals surface area contributed by atoms with Crippen molar-refractivity contribution in [1.82, 2.24) is 5.32 Å². The number of nitrogens with one attached hydrogen (secondary N) is 2. The molecule has 0 bridgehead atoms. The van der Waals surface area contributed by atoms with Gasteiger partial charge in [-0.3, -0.25) is 9.52 Å². The number of sulfonamides is 1. The molecule has 0 radical (unpaired) electrons. The first-order valence-corrected chi connectivity index (χ1v) is 13.3. The van der Waals surface area contributed by atoms with Crippen molar-refractivity contribution in [3.8, 4) is 5.75 Å². The van der Waals surface area contributed by atoms with Gasteiger partial charge in [-0.25, -0.2) is 8.42 Å². The Hall–Kier alpha value is -2.39. The Bertz CT molecular complexity index is 1220. The van der Waals surface area contributed by atoms with Crippen molar-refractivity contribution in [3.05, 3.63) is 82.3 Å². The van der Waals surface area contributed by atoms with Gasteiger partial charge in [0.2, 0.25) is 0 Å². The van der Waals surface area contributed by atoms with Crippen LogP contribution in [0.1, 0.15) is 18.5 Å². The summed E-state index contributed by atoms with van der Waals surface area (Å²) in [5, 5.41) is 3.43. The van der Waals surface area contributed by atoms with Crippen LogP contribution in [0.2, 0.25) is 10.0 Å². The molecule has 33 heavy (non-hydrogen) atoms. The van der Waals surface area contributed by atoms with Crippen molar-refractivity contribution >= 4 is 56.6 Å². The highest BCUT2D eigenvalue weighted by Gasteiger charge is 2.17. The lowest BCUT2D eigenvalue weighted by molar-refractivity contribution is -0.123.